The number of rotatable bonds is 15. The molecule has 2 rings (SSSR count). The minimum atomic E-state index is -0.660. The van der Waals surface area contributed by atoms with Crippen LogP contribution < -0.4 is 16.4 Å². The van der Waals surface area contributed by atoms with E-state index in [9.17, 15) is 9.59 Å². The van der Waals surface area contributed by atoms with Crippen molar-refractivity contribution in [3.05, 3.63) is 28.0 Å². The number of fused-ring (bicyclic) bond motifs is 1. The Labute approximate surface area is 210 Å². The molecule has 0 radical (unpaired) electrons. The number of amides is 1. The monoisotopic (exact) mass is 485 g/mol. The van der Waals surface area contributed by atoms with E-state index >= 15 is 0 Å². The number of nitrogens with zero attached hydrogens (tertiary/aromatic N) is 3. The number of allylic oxidation sites excluding steroid dienone is 1. The molecule has 0 bridgehead atoms. The number of carbonyl (C=O) groups is 1. The van der Waals surface area contributed by atoms with Gasteiger partial charge >= 0.3 is 5.76 Å². The van der Waals surface area contributed by atoms with Crippen LogP contribution in [-0.4, -0.2) is 48.0 Å². The Hall–Kier alpha value is -2.66. The summed E-state index contributed by atoms with van der Waals surface area (Å²) in [7, 11) is 0. The number of anilines is 1. The maximum atomic E-state index is 13.2. The molecule has 35 heavy (non-hydrogen) atoms. The largest absolute Gasteiger partial charge is 0.441 e. The lowest BCUT2D eigenvalue weighted by atomic mass is 9.87. The fourth-order valence-corrected chi connectivity index (χ4v) is 4.29. The van der Waals surface area contributed by atoms with E-state index in [1.54, 1.807) is 6.08 Å². The zero-order chi connectivity index (χ0) is 25.7. The van der Waals surface area contributed by atoms with Crippen LogP contribution in [0.1, 0.15) is 90.4 Å². The van der Waals surface area contributed by atoms with Crippen molar-refractivity contribution in [2.75, 3.05) is 31.5 Å². The first-order valence-electron chi connectivity index (χ1n) is 13.1. The second-order valence-electron chi connectivity index (χ2n) is 10.5. The van der Waals surface area contributed by atoms with Crippen LogP contribution >= 0.6 is 0 Å². The summed E-state index contributed by atoms with van der Waals surface area (Å²) >= 11 is 0. The quantitative estimate of drug-likeness (QED) is 0.352. The topological polar surface area (TPSA) is 111 Å². The molecule has 2 N–H and O–H groups in total. The molecule has 1 heterocycles. The van der Waals surface area contributed by atoms with Crippen molar-refractivity contribution in [3.8, 4) is 6.07 Å². The summed E-state index contributed by atoms with van der Waals surface area (Å²) in [5.74, 6) is 0.224. The highest BCUT2D eigenvalue weighted by molar-refractivity contribution is 5.84. The van der Waals surface area contributed by atoms with E-state index in [-0.39, 0.29) is 11.3 Å². The maximum Gasteiger partial charge on any atom is 0.441 e. The molecule has 0 saturated carbocycles. The van der Waals surface area contributed by atoms with Gasteiger partial charge in [0.1, 0.15) is 17.6 Å². The lowest BCUT2D eigenvalue weighted by Crippen LogP contribution is -2.43. The van der Waals surface area contributed by atoms with E-state index < -0.39 is 11.8 Å². The fraction of sp³-hybridized carbons (Fsp3) is 0.704. The Morgan fingerprint density at radius 1 is 1.23 bits per heavy atom. The van der Waals surface area contributed by atoms with E-state index in [2.05, 4.69) is 54.3 Å². The average Bonchev–Trinajstić information content (AvgIpc) is 2.80. The number of carbonyl (C=O) groups excluding carboxylic acids is 1. The highest BCUT2D eigenvalue weighted by Crippen LogP contribution is 2.27. The Balaban J connectivity index is 1.98. The first-order valence-corrected chi connectivity index (χ1v) is 13.1. The molecule has 1 aromatic rings. The zero-order valence-corrected chi connectivity index (χ0v) is 22.0. The third-order valence-electron chi connectivity index (χ3n) is 6.05. The van der Waals surface area contributed by atoms with Gasteiger partial charge in [0.15, 0.2) is 0 Å². The first-order chi connectivity index (χ1) is 16.7. The van der Waals surface area contributed by atoms with Crippen molar-refractivity contribution in [2.24, 2.45) is 5.41 Å². The van der Waals surface area contributed by atoms with Crippen LogP contribution in [0.15, 0.2) is 15.3 Å². The lowest BCUT2D eigenvalue weighted by Gasteiger charge is -2.27. The number of hydrogen-bond donors (Lipinski definition) is 2. The predicted octanol–water partition coefficient (Wildman–Crippen LogP) is 4.51. The third kappa shape index (κ3) is 10.6. The Morgan fingerprint density at radius 3 is 2.69 bits per heavy atom. The molecule has 8 nitrogen and oxygen atoms in total. The van der Waals surface area contributed by atoms with Crippen molar-refractivity contribution < 1.29 is 9.21 Å². The average molecular weight is 486 g/mol. The molecule has 0 unspecified atom stereocenters. The Morgan fingerprint density at radius 2 is 1.97 bits per heavy atom. The molecule has 194 valence electrons. The summed E-state index contributed by atoms with van der Waals surface area (Å²) in [6.07, 6.45) is 11.8. The molecule has 1 amide bonds. The summed E-state index contributed by atoms with van der Waals surface area (Å²) in [5, 5.41) is 15.2. The van der Waals surface area contributed by atoms with Crippen LogP contribution in [0.25, 0.3) is 6.08 Å². The van der Waals surface area contributed by atoms with E-state index in [4.69, 9.17) is 9.68 Å². The van der Waals surface area contributed by atoms with Crippen LogP contribution in [0.3, 0.4) is 0 Å². The summed E-state index contributed by atoms with van der Waals surface area (Å²) < 4.78 is 5.24. The molecule has 1 atom stereocenters. The normalized spacial score (nSPS) is 13.8. The smallest absolute Gasteiger partial charge is 0.408 e. The summed E-state index contributed by atoms with van der Waals surface area (Å²) in [6, 6.07) is 1.72. The third-order valence-corrected chi connectivity index (χ3v) is 6.05. The van der Waals surface area contributed by atoms with Gasteiger partial charge in [-0.1, -0.05) is 46.6 Å². The van der Waals surface area contributed by atoms with E-state index in [0.717, 1.165) is 50.9 Å². The van der Waals surface area contributed by atoms with Crippen LogP contribution in [0.5, 0.6) is 0 Å². The molecule has 1 aliphatic carbocycles. The second-order valence-corrected chi connectivity index (χ2v) is 10.5. The Bertz CT molecular complexity index is 926. The van der Waals surface area contributed by atoms with Crippen LogP contribution in [-0.2, 0) is 11.2 Å². The lowest BCUT2D eigenvalue weighted by molar-refractivity contribution is -0.122. The molecule has 0 fully saturated rings. The summed E-state index contributed by atoms with van der Waals surface area (Å²) in [4.78, 5) is 31.6. The van der Waals surface area contributed by atoms with Gasteiger partial charge in [0, 0.05) is 18.5 Å². The van der Waals surface area contributed by atoms with Crippen molar-refractivity contribution >= 4 is 17.8 Å². The van der Waals surface area contributed by atoms with Gasteiger partial charge in [0.05, 0.1) is 6.07 Å². The molecular weight excluding hydrogens is 442 g/mol. The van der Waals surface area contributed by atoms with Gasteiger partial charge in [-0.15, -0.1) is 0 Å². The fourth-order valence-electron chi connectivity index (χ4n) is 4.29. The van der Waals surface area contributed by atoms with E-state index in [1.807, 2.05) is 6.08 Å². The van der Waals surface area contributed by atoms with Crippen molar-refractivity contribution in [1.29, 1.82) is 5.26 Å². The molecule has 1 aliphatic rings. The highest BCUT2D eigenvalue weighted by Gasteiger charge is 2.27. The second kappa shape index (κ2) is 14.7. The van der Waals surface area contributed by atoms with Gasteiger partial charge in [0.25, 0.3) is 0 Å². The van der Waals surface area contributed by atoms with Crippen LogP contribution in [0.2, 0.25) is 0 Å². The zero-order valence-electron chi connectivity index (χ0n) is 22.0. The maximum absolute atomic E-state index is 13.2. The van der Waals surface area contributed by atoms with E-state index in [1.165, 1.54) is 12.8 Å². The number of aromatic nitrogens is 1. The Kier molecular flexibility index (Phi) is 12.0. The van der Waals surface area contributed by atoms with Crippen molar-refractivity contribution in [3.63, 3.8) is 0 Å². The van der Waals surface area contributed by atoms with Gasteiger partial charge in [-0.2, -0.15) is 10.2 Å². The summed E-state index contributed by atoms with van der Waals surface area (Å²) in [5.41, 5.74) is 0.754. The molecule has 0 aliphatic heterocycles. The first kappa shape index (κ1) is 28.6. The number of hydrogen-bond acceptors (Lipinski definition) is 7. The van der Waals surface area contributed by atoms with Gasteiger partial charge in [0.2, 0.25) is 5.91 Å². The van der Waals surface area contributed by atoms with Gasteiger partial charge in [-0.25, -0.2) is 4.79 Å². The number of unbranched alkanes of at least 4 members (excludes halogenated alkanes) is 3. The predicted molar refractivity (Wildman–Crippen MR) is 140 cm³/mol. The molecule has 0 aromatic carbocycles. The van der Waals surface area contributed by atoms with Gasteiger partial charge in [-0.05, 0) is 69.7 Å². The van der Waals surface area contributed by atoms with Crippen LogP contribution in [0, 0.1) is 16.7 Å². The minimum Gasteiger partial charge on any atom is -0.408 e. The van der Waals surface area contributed by atoms with Crippen molar-refractivity contribution in [1.82, 2.24) is 15.2 Å². The van der Waals surface area contributed by atoms with Gasteiger partial charge in [-0.3, -0.25) is 4.79 Å². The summed E-state index contributed by atoms with van der Waals surface area (Å²) in [6.45, 7) is 11.9. The molecule has 0 saturated heterocycles. The van der Waals surface area contributed by atoms with Crippen LogP contribution in [0.4, 0.5) is 5.82 Å². The molecular formula is C27H43N5O3. The SMILES string of the molecule is CCCCCN(CCCC#N)CCCNC(=O)[C@H](CC(C)(C)C)Nc1nc(=O)oc2c1CCC=C2. The highest BCUT2D eigenvalue weighted by atomic mass is 16.4. The number of nitrogens with one attached hydrogen (secondary N) is 2. The molecule has 1 aromatic heterocycles. The standard InChI is InChI=1S/C27H43N5O3/c1-5-6-10-17-32(18-11-9-15-28)19-12-16-29-25(33)22(20-27(2,3)4)30-24-21-13-7-8-14-23(21)35-26(34)31-24/h8,14,22H,5-7,9-13,16-20H2,1-4H3,(H,29,33)(H,30,31,34)/t22-/m0/s1. The molecule has 8 heteroatoms. The minimum absolute atomic E-state index is 0.0860. The molecule has 0 spiro atoms. The number of nitriles is 1. The van der Waals surface area contributed by atoms with E-state index in [0.29, 0.717) is 37.4 Å². The van der Waals surface area contributed by atoms with Gasteiger partial charge < -0.3 is 20.0 Å². The van der Waals surface area contributed by atoms with Crippen molar-refractivity contribution in [2.45, 2.75) is 91.5 Å².